The maximum atomic E-state index is 11.9. The van der Waals surface area contributed by atoms with Gasteiger partial charge in [-0.3, -0.25) is 4.79 Å². The lowest BCUT2D eigenvalue weighted by molar-refractivity contribution is -0.119. The van der Waals surface area contributed by atoms with E-state index in [0.717, 1.165) is 19.6 Å². The van der Waals surface area contributed by atoms with Gasteiger partial charge in [-0.15, -0.1) is 0 Å². The molecule has 0 saturated heterocycles. The predicted octanol–water partition coefficient (Wildman–Crippen LogP) is 1.73. The topological polar surface area (TPSA) is 82.7 Å². The van der Waals surface area contributed by atoms with E-state index in [1.165, 1.54) is 7.11 Å². The summed E-state index contributed by atoms with van der Waals surface area (Å²) in [4.78, 5) is 25.6. The van der Waals surface area contributed by atoms with Crippen LogP contribution in [0.3, 0.4) is 0 Å². The van der Waals surface area contributed by atoms with Gasteiger partial charge in [0.25, 0.3) is 0 Å². The highest BCUT2D eigenvalue weighted by molar-refractivity contribution is 5.94. The first-order valence-corrected chi connectivity index (χ1v) is 7.75. The van der Waals surface area contributed by atoms with Crippen molar-refractivity contribution < 1.29 is 14.3 Å². The number of ether oxygens (including phenoxy) is 1. The molecule has 7 nitrogen and oxygen atoms in total. The van der Waals surface area contributed by atoms with E-state index in [-0.39, 0.29) is 18.5 Å². The summed E-state index contributed by atoms with van der Waals surface area (Å²) >= 11 is 0. The number of likely N-dealkylation sites (N-methyl/N-ethyl adjacent to an activating group) is 1. The first-order valence-electron chi connectivity index (χ1n) is 7.75. The van der Waals surface area contributed by atoms with Crippen molar-refractivity contribution >= 4 is 23.3 Å². The maximum Gasteiger partial charge on any atom is 0.319 e. The summed E-state index contributed by atoms with van der Waals surface area (Å²) in [5.74, 6) is -0.242. The van der Waals surface area contributed by atoms with Gasteiger partial charge >= 0.3 is 6.03 Å². The van der Waals surface area contributed by atoms with Crippen LogP contribution in [0.2, 0.25) is 0 Å². The van der Waals surface area contributed by atoms with Gasteiger partial charge < -0.3 is 25.6 Å². The highest BCUT2D eigenvalue weighted by Gasteiger charge is 2.05. The summed E-state index contributed by atoms with van der Waals surface area (Å²) in [6, 6.07) is 6.69. The van der Waals surface area contributed by atoms with Gasteiger partial charge in [0.2, 0.25) is 5.91 Å². The molecule has 0 aliphatic heterocycles. The molecular weight excluding hydrogens is 296 g/mol. The Labute approximate surface area is 137 Å². The average Bonchev–Trinajstić information content (AvgIpc) is 2.52. The molecule has 1 rings (SSSR count). The van der Waals surface area contributed by atoms with Crippen molar-refractivity contribution in [3.8, 4) is 0 Å². The highest BCUT2D eigenvalue weighted by Crippen LogP contribution is 2.14. The first kappa shape index (κ1) is 18.9. The molecular formula is C16H26N4O3. The van der Waals surface area contributed by atoms with Crippen LogP contribution in [0.5, 0.6) is 0 Å². The summed E-state index contributed by atoms with van der Waals surface area (Å²) in [6.07, 6.45) is 0. The zero-order valence-corrected chi connectivity index (χ0v) is 14.0. The molecule has 1 aromatic carbocycles. The van der Waals surface area contributed by atoms with E-state index in [1.807, 2.05) is 0 Å². The number of amides is 3. The summed E-state index contributed by atoms with van der Waals surface area (Å²) in [5.41, 5.74) is 1.22. The SMILES string of the molecule is CCN(CC)CCNC(=O)Nc1cccc(NC(=O)COC)c1. The van der Waals surface area contributed by atoms with Crippen molar-refractivity contribution in [2.45, 2.75) is 13.8 Å². The highest BCUT2D eigenvalue weighted by atomic mass is 16.5. The van der Waals surface area contributed by atoms with Crippen LogP contribution < -0.4 is 16.0 Å². The third-order valence-corrected chi connectivity index (χ3v) is 3.29. The number of benzene rings is 1. The van der Waals surface area contributed by atoms with Crippen LogP contribution in [0.4, 0.5) is 16.2 Å². The third-order valence-electron chi connectivity index (χ3n) is 3.29. The standard InChI is InChI=1S/C16H26N4O3/c1-4-20(5-2)10-9-17-16(22)19-14-8-6-7-13(11-14)18-15(21)12-23-3/h6-8,11H,4-5,9-10,12H2,1-3H3,(H,18,21)(H2,17,19,22). The average molecular weight is 322 g/mol. The molecule has 1 aromatic rings. The third kappa shape index (κ3) is 7.62. The van der Waals surface area contributed by atoms with Gasteiger partial charge in [-0.25, -0.2) is 4.79 Å². The van der Waals surface area contributed by atoms with Crippen molar-refractivity contribution in [2.24, 2.45) is 0 Å². The monoisotopic (exact) mass is 322 g/mol. The van der Waals surface area contributed by atoms with Crippen LogP contribution >= 0.6 is 0 Å². The van der Waals surface area contributed by atoms with Gasteiger partial charge in [0, 0.05) is 31.6 Å². The normalized spacial score (nSPS) is 10.4. The number of hydrogen-bond donors (Lipinski definition) is 3. The van der Waals surface area contributed by atoms with Gasteiger partial charge in [-0.1, -0.05) is 19.9 Å². The van der Waals surface area contributed by atoms with Crippen molar-refractivity contribution in [3.05, 3.63) is 24.3 Å². The van der Waals surface area contributed by atoms with Crippen molar-refractivity contribution in [3.63, 3.8) is 0 Å². The van der Waals surface area contributed by atoms with E-state index >= 15 is 0 Å². The molecule has 0 bridgehead atoms. The van der Waals surface area contributed by atoms with Crippen LogP contribution in [-0.2, 0) is 9.53 Å². The van der Waals surface area contributed by atoms with E-state index in [0.29, 0.717) is 17.9 Å². The summed E-state index contributed by atoms with van der Waals surface area (Å²) in [7, 11) is 1.46. The van der Waals surface area contributed by atoms with Crippen LogP contribution in [0.25, 0.3) is 0 Å². The van der Waals surface area contributed by atoms with Gasteiger partial charge in [0.15, 0.2) is 0 Å². The Kier molecular flexibility index (Phi) is 8.71. The fourth-order valence-corrected chi connectivity index (χ4v) is 2.05. The number of nitrogens with zero attached hydrogens (tertiary/aromatic N) is 1. The molecule has 0 radical (unpaired) electrons. The fourth-order valence-electron chi connectivity index (χ4n) is 2.05. The van der Waals surface area contributed by atoms with E-state index in [1.54, 1.807) is 24.3 Å². The smallest absolute Gasteiger partial charge is 0.319 e. The molecule has 23 heavy (non-hydrogen) atoms. The number of anilines is 2. The van der Waals surface area contributed by atoms with Crippen molar-refractivity contribution in [2.75, 3.05) is 50.5 Å². The molecule has 0 fully saturated rings. The largest absolute Gasteiger partial charge is 0.375 e. The van der Waals surface area contributed by atoms with Gasteiger partial charge in [-0.05, 0) is 31.3 Å². The fraction of sp³-hybridized carbons (Fsp3) is 0.500. The van der Waals surface area contributed by atoms with Gasteiger partial charge in [0.1, 0.15) is 6.61 Å². The number of urea groups is 1. The molecule has 0 heterocycles. The summed E-state index contributed by atoms with van der Waals surface area (Å²) in [5, 5.41) is 8.25. The minimum absolute atomic E-state index is 0.0104. The molecule has 3 amide bonds. The Morgan fingerprint density at radius 3 is 2.39 bits per heavy atom. The summed E-state index contributed by atoms with van der Waals surface area (Å²) in [6.45, 7) is 7.49. The molecule has 0 atom stereocenters. The predicted molar refractivity (Wildman–Crippen MR) is 91.8 cm³/mol. The molecule has 7 heteroatoms. The molecule has 0 aliphatic rings. The van der Waals surface area contributed by atoms with Crippen LogP contribution in [-0.4, -0.2) is 56.7 Å². The summed E-state index contributed by atoms with van der Waals surface area (Å²) < 4.78 is 4.76. The second kappa shape index (κ2) is 10.6. The van der Waals surface area contributed by atoms with E-state index < -0.39 is 0 Å². The van der Waals surface area contributed by atoms with E-state index in [4.69, 9.17) is 4.74 Å². The molecule has 0 aliphatic carbocycles. The number of carbonyl (C=O) groups is 2. The zero-order valence-electron chi connectivity index (χ0n) is 14.0. The van der Waals surface area contributed by atoms with E-state index in [2.05, 4.69) is 34.7 Å². The Morgan fingerprint density at radius 1 is 1.13 bits per heavy atom. The molecule has 0 aromatic heterocycles. The van der Waals surface area contributed by atoms with Gasteiger partial charge in [-0.2, -0.15) is 0 Å². The van der Waals surface area contributed by atoms with Crippen LogP contribution in [0.15, 0.2) is 24.3 Å². The van der Waals surface area contributed by atoms with Crippen LogP contribution in [0.1, 0.15) is 13.8 Å². The number of nitrogens with one attached hydrogen (secondary N) is 3. The lowest BCUT2D eigenvalue weighted by atomic mass is 10.2. The van der Waals surface area contributed by atoms with E-state index in [9.17, 15) is 9.59 Å². The minimum Gasteiger partial charge on any atom is -0.375 e. The Balaban J connectivity index is 2.44. The Bertz CT molecular complexity index is 504. The number of hydrogen-bond acceptors (Lipinski definition) is 4. The molecule has 0 saturated carbocycles. The lowest BCUT2D eigenvalue weighted by Crippen LogP contribution is -2.36. The quantitative estimate of drug-likeness (QED) is 0.647. The maximum absolute atomic E-state index is 11.9. The Morgan fingerprint density at radius 2 is 1.78 bits per heavy atom. The molecule has 3 N–H and O–H groups in total. The molecule has 0 spiro atoms. The first-order chi connectivity index (χ1) is 11.1. The lowest BCUT2D eigenvalue weighted by Gasteiger charge is -2.18. The minimum atomic E-state index is -0.266. The number of rotatable bonds is 9. The number of methoxy groups -OCH3 is 1. The van der Waals surface area contributed by atoms with Crippen molar-refractivity contribution in [1.29, 1.82) is 0 Å². The zero-order chi connectivity index (χ0) is 17.1. The van der Waals surface area contributed by atoms with Crippen molar-refractivity contribution in [1.82, 2.24) is 10.2 Å². The Hall–Kier alpha value is -2.12. The second-order valence-corrected chi connectivity index (χ2v) is 4.97. The van der Waals surface area contributed by atoms with Gasteiger partial charge in [0.05, 0.1) is 0 Å². The number of carbonyl (C=O) groups excluding carboxylic acids is 2. The molecule has 128 valence electrons. The van der Waals surface area contributed by atoms with Crippen LogP contribution in [0, 0.1) is 0 Å². The second-order valence-electron chi connectivity index (χ2n) is 4.97. The molecule has 0 unspecified atom stereocenters.